The van der Waals surface area contributed by atoms with Gasteiger partial charge in [0.15, 0.2) is 0 Å². The van der Waals surface area contributed by atoms with Gasteiger partial charge in [0.1, 0.15) is 0 Å². The fourth-order valence-electron chi connectivity index (χ4n) is 7.09. The van der Waals surface area contributed by atoms with Crippen LogP contribution in [-0.2, 0) is 28.8 Å². The van der Waals surface area contributed by atoms with E-state index in [-0.39, 0.29) is 45.1 Å². The number of halogens is 2. The molecular weight excluding hydrogens is 779 g/mol. The van der Waals surface area contributed by atoms with Crippen molar-refractivity contribution in [1.29, 1.82) is 0 Å². The molecule has 0 fully saturated rings. The maximum absolute atomic E-state index is 3.06. The van der Waals surface area contributed by atoms with Crippen LogP contribution in [0.25, 0.3) is 65.3 Å². The molecule has 0 unspecified atom stereocenters. The van der Waals surface area contributed by atoms with E-state index >= 15 is 0 Å². The minimum absolute atomic E-state index is 0. The second kappa shape index (κ2) is 19.4. The van der Waals surface area contributed by atoms with E-state index in [4.69, 9.17) is 0 Å². The third kappa shape index (κ3) is 9.52. The second-order valence-electron chi connectivity index (χ2n) is 14.6. The molecule has 2 radical (unpaired) electrons. The number of hydrogen-bond donors (Lipinski definition) is 0. The first-order valence-electron chi connectivity index (χ1n) is 17.2. The van der Waals surface area contributed by atoms with E-state index in [0.29, 0.717) is 5.92 Å². The fourth-order valence-corrected chi connectivity index (χ4v) is 7.09. The van der Waals surface area contributed by atoms with Gasteiger partial charge >= 0.3 is 30.2 Å². The van der Waals surface area contributed by atoms with E-state index in [1.165, 1.54) is 111 Å². The third-order valence-corrected chi connectivity index (χ3v) is 9.83. The summed E-state index contributed by atoms with van der Waals surface area (Å²) in [5.41, 5.74) is 11.0. The first-order valence-corrected chi connectivity index (χ1v) is 21.4. The second-order valence-corrected chi connectivity index (χ2v) is 14.6. The first-order chi connectivity index (χ1) is 23.6. The fraction of sp³-hybridized carbons (Fsp3) is 0.184. The molecule has 0 bridgehead atoms. The molecule has 0 spiro atoms. The van der Waals surface area contributed by atoms with E-state index < -0.39 is 0 Å². The summed E-state index contributed by atoms with van der Waals surface area (Å²) in [5, 5.41) is 10.7. The van der Waals surface area contributed by atoms with E-state index in [1.54, 1.807) is 0 Å². The molecule has 0 atom stereocenters. The van der Waals surface area contributed by atoms with Gasteiger partial charge in [-0.1, -0.05) is 151 Å². The molecule has 0 aromatic heterocycles. The summed E-state index contributed by atoms with van der Waals surface area (Å²) in [5.74, 6) is 0.548. The standard InChI is InChI=1S/C26H21.C21H23.2CH3.2ClH.Si.Zr/c1-17(2)20-15-19-8-5-10-24(26(19)16-20)23-12-6-11-22-21-9-4-3-7-18(21)13-14-25(22)23;1-14-12-19-15(2)6-11-18(20(19)13-14)16-7-9-17(10-8-16)21(3,4)5;;;;;;/h3-17H,1-2H3;6-13H,1-5H3;2*1H3;2*1H;;/q4*-1;;;;. The Kier molecular flexibility index (Phi) is 16.8. The van der Waals surface area contributed by atoms with Crippen molar-refractivity contribution in [3.05, 3.63) is 171 Å². The van der Waals surface area contributed by atoms with Crippen LogP contribution >= 0.6 is 24.8 Å². The van der Waals surface area contributed by atoms with Gasteiger partial charge in [-0.05, 0) is 49.6 Å². The van der Waals surface area contributed by atoms with Gasteiger partial charge in [-0.15, -0.1) is 93.4 Å². The number of aryl methyl sites for hydroxylation is 2. The molecule has 274 valence electrons. The molecule has 0 amide bonds. The van der Waals surface area contributed by atoms with Gasteiger partial charge in [-0.2, -0.15) is 12.1 Å². The minimum atomic E-state index is 0. The average Bonchev–Trinajstić information content (AvgIpc) is 3.74. The van der Waals surface area contributed by atoms with Crippen LogP contribution in [0.1, 0.15) is 62.8 Å². The Hall–Kier alpha value is -3.26. The zero-order valence-electron chi connectivity index (χ0n) is 32.6. The third-order valence-electron chi connectivity index (χ3n) is 9.83. The predicted octanol–water partition coefficient (Wildman–Crippen LogP) is 15.2. The van der Waals surface area contributed by atoms with Gasteiger partial charge in [0.05, 0.1) is 0 Å². The monoisotopic (exact) mass is 828 g/mol. The van der Waals surface area contributed by atoms with Gasteiger partial charge in [0.2, 0.25) is 0 Å². The Balaban J connectivity index is 0.000000333. The molecular formula is C49H52Cl2SiZr-4. The van der Waals surface area contributed by atoms with Gasteiger partial charge in [0.25, 0.3) is 0 Å². The molecule has 0 saturated heterocycles. The summed E-state index contributed by atoms with van der Waals surface area (Å²) in [6.07, 6.45) is 0. The number of hydrogen-bond acceptors (Lipinski definition) is 0. The molecule has 8 aromatic carbocycles. The molecule has 0 aliphatic carbocycles. The van der Waals surface area contributed by atoms with Crippen LogP contribution in [0.4, 0.5) is 0 Å². The summed E-state index contributed by atoms with van der Waals surface area (Å²) in [4.78, 5) is 0. The SMILES string of the molecule is CC(C)c1cc2c(-c3cccc4c3ccc3ccccc34)cccc2[cH-]1.Cc1cc2c(-c3ccc(C(C)(C)C)cc3)ccc(C)c2[cH-]1.Cl.Cl.[CH3-].[CH3-].[Si]=[Zr]. The van der Waals surface area contributed by atoms with Crippen molar-refractivity contribution in [3.63, 3.8) is 0 Å². The molecule has 8 rings (SSSR count). The Morgan fingerprint density at radius 3 is 1.85 bits per heavy atom. The van der Waals surface area contributed by atoms with Crippen LogP contribution in [-0.4, -0.2) is 6.88 Å². The van der Waals surface area contributed by atoms with E-state index in [2.05, 4.69) is 189 Å². The molecule has 53 heavy (non-hydrogen) atoms. The molecule has 0 saturated carbocycles. The molecule has 0 nitrogen and oxygen atoms in total. The van der Waals surface area contributed by atoms with Crippen molar-refractivity contribution in [1.82, 2.24) is 0 Å². The average molecular weight is 831 g/mol. The molecule has 0 aliphatic heterocycles. The van der Waals surface area contributed by atoms with Crippen molar-refractivity contribution in [3.8, 4) is 22.3 Å². The maximum atomic E-state index is 3.06. The normalized spacial score (nSPS) is 10.6. The number of fused-ring (bicyclic) bond motifs is 5. The summed E-state index contributed by atoms with van der Waals surface area (Å²) in [7, 11) is 0. The van der Waals surface area contributed by atoms with Gasteiger partial charge in [-0.3, -0.25) is 0 Å². The van der Waals surface area contributed by atoms with Crippen molar-refractivity contribution in [2.75, 3.05) is 0 Å². The van der Waals surface area contributed by atoms with Crippen molar-refractivity contribution in [2.45, 2.75) is 59.8 Å². The van der Waals surface area contributed by atoms with E-state index in [9.17, 15) is 0 Å². The van der Waals surface area contributed by atoms with Crippen molar-refractivity contribution >= 4 is 74.8 Å². The van der Waals surface area contributed by atoms with Crippen molar-refractivity contribution in [2.24, 2.45) is 0 Å². The van der Waals surface area contributed by atoms with Crippen LogP contribution in [0, 0.1) is 28.7 Å². The summed E-state index contributed by atoms with van der Waals surface area (Å²) >= 11 is 1.36. The summed E-state index contributed by atoms with van der Waals surface area (Å²) in [6, 6.07) is 49.3. The van der Waals surface area contributed by atoms with Crippen LogP contribution in [0.2, 0.25) is 0 Å². The van der Waals surface area contributed by atoms with E-state index in [1.807, 2.05) is 0 Å². The quantitative estimate of drug-likeness (QED) is 0.0945. The van der Waals surface area contributed by atoms with Crippen LogP contribution < -0.4 is 0 Å². The Morgan fingerprint density at radius 1 is 0.566 bits per heavy atom. The van der Waals surface area contributed by atoms with Crippen LogP contribution in [0.3, 0.4) is 0 Å². The van der Waals surface area contributed by atoms with E-state index in [0.717, 1.165) is 0 Å². The zero-order valence-corrected chi connectivity index (χ0v) is 37.7. The topological polar surface area (TPSA) is 0 Å². The number of rotatable bonds is 3. The van der Waals surface area contributed by atoms with Gasteiger partial charge < -0.3 is 14.9 Å². The summed E-state index contributed by atoms with van der Waals surface area (Å²) in [6.45, 7) is 18.7. The summed E-state index contributed by atoms with van der Waals surface area (Å²) < 4.78 is 0. The predicted molar refractivity (Wildman–Crippen MR) is 240 cm³/mol. The molecule has 0 heterocycles. The molecule has 0 N–H and O–H groups in total. The Labute approximate surface area is 348 Å². The molecule has 4 heteroatoms. The Bertz CT molecular complexity index is 2410. The first kappa shape index (κ1) is 45.9. The molecule has 0 aliphatic rings. The zero-order chi connectivity index (χ0) is 34.9. The number of benzene rings is 6. The molecule has 8 aromatic rings. The van der Waals surface area contributed by atoms with Crippen molar-refractivity contribution < 1.29 is 23.3 Å². The van der Waals surface area contributed by atoms with Gasteiger partial charge in [0, 0.05) is 0 Å². The van der Waals surface area contributed by atoms with Crippen LogP contribution in [0.5, 0.6) is 0 Å². The van der Waals surface area contributed by atoms with Gasteiger partial charge in [-0.25, -0.2) is 0 Å². The Morgan fingerprint density at radius 2 is 1.19 bits per heavy atom. The van der Waals surface area contributed by atoms with Crippen LogP contribution in [0.15, 0.2) is 133 Å².